The molecular formula is C22H36N2O7Si. The second-order valence-corrected chi connectivity index (χ2v) is 15.2. The molecule has 0 amide bonds. The number of nitro groups is 1. The van der Waals surface area contributed by atoms with E-state index in [1.54, 1.807) is 19.2 Å². The Morgan fingerprint density at radius 1 is 1.19 bits per heavy atom. The molecule has 10 heteroatoms. The van der Waals surface area contributed by atoms with Gasteiger partial charge in [-0.1, -0.05) is 20.8 Å². The van der Waals surface area contributed by atoms with Crippen LogP contribution in [-0.2, 0) is 18.6 Å². The zero-order valence-corrected chi connectivity index (χ0v) is 21.2. The maximum atomic E-state index is 11.5. The highest BCUT2D eigenvalue weighted by Crippen LogP contribution is 2.44. The second kappa shape index (κ2) is 8.90. The first-order valence-electron chi connectivity index (χ1n) is 10.9. The van der Waals surface area contributed by atoms with Crippen molar-refractivity contribution >= 4 is 14.0 Å². The van der Waals surface area contributed by atoms with Gasteiger partial charge in [0.2, 0.25) is 6.54 Å². The molecular weight excluding hydrogens is 432 g/mol. The van der Waals surface area contributed by atoms with Gasteiger partial charge in [0.05, 0.1) is 7.11 Å². The SMILES string of the molecule is COc1ccc(N[C@H](C[N+](=O)[O-])[C@H]2O[C@H](O[Si](C)(C)C(C)(C)C)[C@H]3OC(C)(C)O[C@H]32)cc1. The lowest BCUT2D eigenvalue weighted by molar-refractivity contribution is -0.484. The van der Waals surface area contributed by atoms with Crippen molar-refractivity contribution in [3.63, 3.8) is 0 Å². The summed E-state index contributed by atoms with van der Waals surface area (Å²) in [6, 6.07) is 6.59. The first-order chi connectivity index (χ1) is 14.7. The Balaban J connectivity index is 1.86. The van der Waals surface area contributed by atoms with E-state index in [-0.39, 0.29) is 16.5 Å². The Kier molecular flexibility index (Phi) is 6.93. The van der Waals surface area contributed by atoms with Gasteiger partial charge >= 0.3 is 0 Å². The number of methoxy groups -OCH3 is 1. The molecule has 1 aromatic carbocycles. The number of benzene rings is 1. The monoisotopic (exact) mass is 468 g/mol. The third kappa shape index (κ3) is 5.42. The number of nitrogens with zero attached hydrogens (tertiary/aromatic N) is 1. The second-order valence-electron chi connectivity index (χ2n) is 10.4. The average Bonchev–Trinajstić information content (AvgIpc) is 3.14. The van der Waals surface area contributed by atoms with Crippen molar-refractivity contribution in [3.8, 4) is 5.75 Å². The molecule has 0 aromatic heterocycles. The molecule has 9 nitrogen and oxygen atoms in total. The Bertz CT molecular complexity index is 809. The van der Waals surface area contributed by atoms with Crippen molar-refractivity contribution in [3.05, 3.63) is 34.4 Å². The fourth-order valence-corrected chi connectivity index (χ4v) is 4.89. The first kappa shape index (κ1) is 24.9. The van der Waals surface area contributed by atoms with E-state index < -0.39 is 44.7 Å². The third-order valence-electron chi connectivity index (χ3n) is 6.45. The minimum Gasteiger partial charge on any atom is -0.497 e. The topological polar surface area (TPSA) is 101 Å². The maximum absolute atomic E-state index is 11.5. The summed E-state index contributed by atoms with van der Waals surface area (Å²) >= 11 is 0. The number of rotatable bonds is 8. The Labute approximate surface area is 191 Å². The number of ether oxygens (including phenoxy) is 4. The van der Waals surface area contributed by atoms with Gasteiger partial charge in [-0.3, -0.25) is 10.1 Å². The molecule has 1 N–H and O–H groups in total. The molecule has 180 valence electrons. The lowest BCUT2D eigenvalue weighted by atomic mass is 10.0. The minimum absolute atomic E-state index is 0.0273. The van der Waals surface area contributed by atoms with Gasteiger partial charge in [-0.2, -0.15) is 0 Å². The zero-order chi connectivity index (χ0) is 23.9. The molecule has 0 aliphatic carbocycles. The standard InChI is InChI=1S/C22H36N2O7Si/c1-21(2,3)32(7,8)31-20-19-18(29-22(4,5)30-19)17(28-20)16(13-24(25)26)23-14-9-11-15(27-6)12-10-14/h9-12,16-20,23H,13H2,1-8H3/t16-,17-,18+,19+,20-/m1/s1. The fraction of sp³-hybridized carbons (Fsp3) is 0.727. The normalized spacial score (nSPS) is 28.2. The zero-order valence-electron chi connectivity index (χ0n) is 20.2. The Hall–Kier alpha value is -1.72. The number of fused-ring (bicyclic) bond motifs is 1. The molecule has 2 aliphatic heterocycles. The molecule has 0 radical (unpaired) electrons. The van der Waals surface area contributed by atoms with Crippen LogP contribution in [0.25, 0.3) is 0 Å². The molecule has 3 rings (SSSR count). The number of hydrogen-bond acceptors (Lipinski definition) is 8. The van der Waals surface area contributed by atoms with Gasteiger partial charge in [-0.25, -0.2) is 0 Å². The molecule has 0 unspecified atom stereocenters. The smallest absolute Gasteiger partial charge is 0.226 e. The molecule has 5 atom stereocenters. The summed E-state index contributed by atoms with van der Waals surface area (Å²) in [6.07, 6.45) is -2.23. The highest BCUT2D eigenvalue weighted by atomic mass is 28.4. The summed E-state index contributed by atoms with van der Waals surface area (Å²) in [5, 5.41) is 14.7. The van der Waals surface area contributed by atoms with E-state index in [0.717, 1.165) is 5.69 Å². The predicted molar refractivity (Wildman–Crippen MR) is 123 cm³/mol. The number of hydrogen-bond donors (Lipinski definition) is 1. The van der Waals surface area contributed by atoms with Gasteiger partial charge in [0.25, 0.3) is 0 Å². The third-order valence-corrected chi connectivity index (χ3v) is 10.9. The minimum atomic E-state index is -2.19. The van der Waals surface area contributed by atoms with Crippen LogP contribution in [0.3, 0.4) is 0 Å². The largest absolute Gasteiger partial charge is 0.497 e. The van der Waals surface area contributed by atoms with E-state index in [9.17, 15) is 10.1 Å². The van der Waals surface area contributed by atoms with Gasteiger partial charge in [-0.15, -0.1) is 0 Å². The quantitative estimate of drug-likeness (QED) is 0.347. The summed E-state index contributed by atoms with van der Waals surface area (Å²) in [5.41, 5.74) is 0.727. The average molecular weight is 469 g/mol. The number of anilines is 1. The Morgan fingerprint density at radius 3 is 2.31 bits per heavy atom. The van der Waals surface area contributed by atoms with Crippen molar-refractivity contribution in [2.24, 2.45) is 0 Å². The van der Waals surface area contributed by atoms with Crippen molar-refractivity contribution in [1.29, 1.82) is 0 Å². The molecule has 0 saturated carbocycles. The highest BCUT2D eigenvalue weighted by molar-refractivity contribution is 6.74. The van der Waals surface area contributed by atoms with Crippen LogP contribution in [0.2, 0.25) is 18.1 Å². The van der Waals surface area contributed by atoms with Crippen molar-refractivity contribution in [1.82, 2.24) is 0 Å². The maximum Gasteiger partial charge on any atom is 0.226 e. The molecule has 2 fully saturated rings. The van der Waals surface area contributed by atoms with E-state index >= 15 is 0 Å². The molecule has 0 spiro atoms. The van der Waals surface area contributed by atoms with E-state index in [1.807, 2.05) is 26.0 Å². The molecule has 2 aliphatic rings. The van der Waals surface area contributed by atoms with Crippen molar-refractivity contribution < 1.29 is 28.3 Å². The summed E-state index contributed by atoms with van der Waals surface area (Å²) in [5.74, 6) is -0.123. The van der Waals surface area contributed by atoms with Crippen LogP contribution in [0.1, 0.15) is 34.6 Å². The predicted octanol–water partition coefficient (Wildman–Crippen LogP) is 4.02. The molecule has 1 aromatic rings. The van der Waals surface area contributed by atoms with Gasteiger partial charge in [0.15, 0.2) is 20.4 Å². The van der Waals surface area contributed by atoms with Crippen LogP contribution in [0.4, 0.5) is 5.69 Å². The Morgan fingerprint density at radius 2 is 1.78 bits per heavy atom. The van der Waals surface area contributed by atoms with E-state index in [1.165, 1.54) is 0 Å². The molecule has 2 heterocycles. The van der Waals surface area contributed by atoms with Crippen LogP contribution in [0, 0.1) is 10.1 Å². The lowest BCUT2D eigenvalue weighted by Crippen LogP contribution is -2.47. The van der Waals surface area contributed by atoms with E-state index in [0.29, 0.717) is 5.75 Å². The van der Waals surface area contributed by atoms with Crippen LogP contribution in [0.15, 0.2) is 24.3 Å². The summed E-state index contributed by atoms with van der Waals surface area (Å²) < 4.78 is 30.3. The first-order valence-corrected chi connectivity index (χ1v) is 13.8. The van der Waals surface area contributed by atoms with Crippen LogP contribution in [-0.4, -0.2) is 63.3 Å². The highest BCUT2D eigenvalue weighted by Gasteiger charge is 2.59. The van der Waals surface area contributed by atoms with Gasteiger partial charge < -0.3 is 28.7 Å². The van der Waals surface area contributed by atoms with E-state index in [4.69, 9.17) is 23.4 Å². The van der Waals surface area contributed by atoms with Gasteiger partial charge in [0, 0.05) is 10.6 Å². The molecule has 0 bridgehead atoms. The molecule has 32 heavy (non-hydrogen) atoms. The van der Waals surface area contributed by atoms with Crippen LogP contribution in [0.5, 0.6) is 5.75 Å². The van der Waals surface area contributed by atoms with Crippen LogP contribution < -0.4 is 10.1 Å². The van der Waals surface area contributed by atoms with Crippen LogP contribution >= 0.6 is 0 Å². The lowest BCUT2D eigenvalue weighted by Gasteiger charge is -2.39. The number of nitrogens with one attached hydrogen (secondary N) is 1. The van der Waals surface area contributed by atoms with Crippen molar-refractivity contribution in [2.75, 3.05) is 19.0 Å². The van der Waals surface area contributed by atoms with Gasteiger partial charge in [-0.05, 0) is 56.2 Å². The summed E-state index contributed by atoms with van der Waals surface area (Å²) in [6.45, 7) is 14.1. The summed E-state index contributed by atoms with van der Waals surface area (Å²) in [4.78, 5) is 11.2. The van der Waals surface area contributed by atoms with E-state index in [2.05, 4.69) is 39.2 Å². The summed E-state index contributed by atoms with van der Waals surface area (Å²) in [7, 11) is -0.596. The fourth-order valence-electron chi connectivity index (χ4n) is 3.77. The van der Waals surface area contributed by atoms with Crippen molar-refractivity contribution in [2.45, 2.75) is 89.2 Å². The van der Waals surface area contributed by atoms with Gasteiger partial charge in [0.1, 0.15) is 30.1 Å². The molecule has 2 saturated heterocycles.